The van der Waals surface area contributed by atoms with Crippen LogP contribution in [0.4, 0.5) is 4.79 Å². The monoisotopic (exact) mass is 412 g/mol. The first-order chi connectivity index (χ1) is 14.2. The number of furan rings is 1. The Balaban J connectivity index is 1.57. The van der Waals surface area contributed by atoms with Crippen LogP contribution in [0.25, 0.3) is 22.6 Å². The lowest BCUT2D eigenvalue weighted by Crippen LogP contribution is -2.51. The quantitative estimate of drug-likeness (QED) is 0.635. The molecule has 9 heteroatoms. The first kappa shape index (κ1) is 19.9. The van der Waals surface area contributed by atoms with E-state index in [9.17, 15) is 9.59 Å². The Morgan fingerprint density at radius 1 is 1.13 bits per heavy atom. The molecule has 30 heavy (non-hydrogen) atoms. The molecular formula is C21H24N4O5. The molecule has 0 saturated carbocycles. The van der Waals surface area contributed by atoms with Crippen LogP contribution in [0.1, 0.15) is 36.8 Å². The highest BCUT2D eigenvalue weighted by Gasteiger charge is 2.30. The molecular weight excluding hydrogens is 388 g/mol. The number of rotatable bonds is 2. The number of hydrogen-bond donors (Lipinski definition) is 0. The van der Waals surface area contributed by atoms with E-state index in [1.165, 1.54) is 0 Å². The molecule has 0 bridgehead atoms. The van der Waals surface area contributed by atoms with Gasteiger partial charge in [0.25, 0.3) is 11.6 Å². The van der Waals surface area contributed by atoms with E-state index in [4.69, 9.17) is 13.7 Å². The van der Waals surface area contributed by atoms with Gasteiger partial charge in [0.05, 0.1) is 22.9 Å². The standard InChI is InChI=1S/C21H24N4O5/c1-13-17-14(12-15(16-6-5-11-28-16)22-18(17)30-23-13)19(26)24-7-9-25(10-8-24)20(27)29-21(2,3)4/h5-6,11-12H,7-10H2,1-4H3. The van der Waals surface area contributed by atoms with Crippen molar-refractivity contribution < 1.29 is 23.3 Å². The third-order valence-corrected chi connectivity index (χ3v) is 4.84. The normalized spacial score (nSPS) is 14.9. The van der Waals surface area contributed by atoms with Crippen molar-refractivity contribution in [3.63, 3.8) is 0 Å². The maximum Gasteiger partial charge on any atom is 0.410 e. The number of fused-ring (bicyclic) bond motifs is 1. The molecule has 1 aliphatic rings. The molecule has 0 N–H and O–H groups in total. The number of amides is 2. The molecule has 0 unspecified atom stereocenters. The smallest absolute Gasteiger partial charge is 0.410 e. The fraction of sp³-hybridized carbons (Fsp3) is 0.429. The SMILES string of the molecule is Cc1noc2nc(-c3ccco3)cc(C(=O)N3CCN(C(=O)OC(C)(C)C)CC3)c12. The lowest BCUT2D eigenvalue weighted by Gasteiger charge is -2.35. The lowest BCUT2D eigenvalue weighted by atomic mass is 10.1. The number of carbonyl (C=O) groups is 2. The van der Waals surface area contributed by atoms with Crippen LogP contribution in [0, 0.1) is 6.92 Å². The van der Waals surface area contributed by atoms with Gasteiger partial charge in [-0.3, -0.25) is 4.79 Å². The highest BCUT2D eigenvalue weighted by atomic mass is 16.6. The highest BCUT2D eigenvalue weighted by Crippen LogP contribution is 2.28. The van der Waals surface area contributed by atoms with Crippen molar-refractivity contribution in [2.45, 2.75) is 33.3 Å². The largest absolute Gasteiger partial charge is 0.463 e. The molecule has 158 valence electrons. The molecule has 0 aliphatic carbocycles. The van der Waals surface area contributed by atoms with Gasteiger partial charge in [0.15, 0.2) is 5.76 Å². The van der Waals surface area contributed by atoms with Crippen molar-refractivity contribution >= 4 is 23.1 Å². The summed E-state index contributed by atoms with van der Waals surface area (Å²) in [4.78, 5) is 33.4. The highest BCUT2D eigenvalue weighted by molar-refractivity contribution is 6.07. The van der Waals surface area contributed by atoms with Crippen molar-refractivity contribution in [2.75, 3.05) is 26.2 Å². The lowest BCUT2D eigenvalue weighted by molar-refractivity contribution is 0.0141. The fourth-order valence-electron chi connectivity index (χ4n) is 3.40. The number of aromatic nitrogens is 2. The van der Waals surface area contributed by atoms with E-state index in [1.807, 2.05) is 20.8 Å². The summed E-state index contributed by atoms with van der Waals surface area (Å²) in [6.07, 6.45) is 1.18. The number of aryl methyl sites for hydroxylation is 1. The second kappa shape index (κ2) is 7.47. The Morgan fingerprint density at radius 2 is 1.83 bits per heavy atom. The van der Waals surface area contributed by atoms with E-state index in [0.717, 1.165) is 0 Å². The van der Waals surface area contributed by atoms with Gasteiger partial charge in [0, 0.05) is 26.2 Å². The van der Waals surface area contributed by atoms with E-state index in [-0.39, 0.29) is 17.7 Å². The Morgan fingerprint density at radius 3 is 2.47 bits per heavy atom. The van der Waals surface area contributed by atoms with Gasteiger partial charge in [0.1, 0.15) is 11.3 Å². The number of piperazine rings is 1. The minimum Gasteiger partial charge on any atom is -0.463 e. The molecule has 4 rings (SSSR count). The zero-order valence-corrected chi connectivity index (χ0v) is 17.5. The third kappa shape index (κ3) is 3.87. The molecule has 4 heterocycles. The molecule has 0 atom stereocenters. The minimum atomic E-state index is -0.555. The molecule has 0 radical (unpaired) electrons. The summed E-state index contributed by atoms with van der Waals surface area (Å²) in [5, 5.41) is 4.56. The zero-order chi connectivity index (χ0) is 21.5. The minimum absolute atomic E-state index is 0.162. The summed E-state index contributed by atoms with van der Waals surface area (Å²) in [6, 6.07) is 5.23. The molecule has 1 saturated heterocycles. The van der Waals surface area contributed by atoms with Crippen molar-refractivity contribution in [1.82, 2.24) is 19.9 Å². The first-order valence-corrected chi connectivity index (χ1v) is 9.81. The molecule has 1 fully saturated rings. The van der Waals surface area contributed by atoms with E-state index >= 15 is 0 Å². The zero-order valence-electron chi connectivity index (χ0n) is 17.5. The molecule has 1 aliphatic heterocycles. The second-order valence-electron chi connectivity index (χ2n) is 8.24. The third-order valence-electron chi connectivity index (χ3n) is 4.84. The van der Waals surface area contributed by atoms with Crippen LogP contribution in [-0.4, -0.2) is 63.7 Å². The average molecular weight is 412 g/mol. The van der Waals surface area contributed by atoms with Crippen LogP contribution in [0.5, 0.6) is 0 Å². The number of hydrogen-bond acceptors (Lipinski definition) is 7. The van der Waals surface area contributed by atoms with Crippen LogP contribution in [0.15, 0.2) is 33.4 Å². The Hall–Kier alpha value is -3.36. The average Bonchev–Trinajstić information content (AvgIpc) is 3.36. The molecule has 3 aromatic rings. The summed E-state index contributed by atoms with van der Waals surface area (Å²) in [5.41, 5.74) is 1.28. The Kier molecular flexibility index (Phi) is 4.97. The second-order valence-corrected chi connectivity index (χ2v) is 8.24. The van der Waals surface area contributed by atoms with Gasteiger partial charge in [0.2, 0.25) is 0 Å². The van der Waals surface area contributed by atoms with Gasteiger partial charge in [-0.15, -0.1) is 0 Å². The van der Waals surface area contributed by atoms with Crippen LogP contribution >= 0.6 is 0 Å². The maximum absolute atomic E-state index is 13.4. The Bertz CT molecular complexity index is 1070. The molecule has 9 nitrogen and oxygen atoms in total. The van der Waals surface area contributed by atoms with Crippen LogP contribution in [0.3, 0.4) is 0 Å². The predicted molar refractivity (Wildman–Crippen MR) is 108 cm³/mol. The fourth-order valence-corrected chi connectivity index (χ4v) is 3.40. The summed E-state index contributed by atoms with van der Waals surface area (Å²) in [5.74, 6) is 0.375. The molecule has 0 aromatic carbocycles. The van der Waals surface area contributed by atoms with Crippen LogP contribution < -0.4 is 0 Å². The van der Waals surface area contributed by atoms with Gasteiger partial charge < -0.3 is 23.5 Å². The molecule has 3 aromatic heterocycles. The summed E-state index contributed by atoms with van der Waals surface area (Å²) in [6.45, 7) is 8.89. The number of nitrogens with zero attached hydrogens (tertiary/aromatic N) is 4. The summed E-state index contributed by atoms with van der Waals surface area (Å²) >= 11 is 0. The van der Waals surface area contributed by atoms with Crippen molar-refractivity contribution in [1.29, 1.82) is 0 Å². The van der Waals surface area contributed by atoms with Gasteiger partial charge in [-0.05, 0) is 45.9 Å². The van der Waals surface area contributed by atoms with E-state index in [2.05, 4.69) is 10.1 Å². The van der Waals surface area contributed by atoms with E-state index in [1.54, 1.807) is 41.2 Å². The van der Waals surface area contributed by atoms with Crippen molar-refractivity contribution in [3.05, 3.63) is 35.7 Å². The predicted octanol–water partition coefficient (Wildman–Crippen LogP) is 3.48. The van der Waals surface area contributed by atoms with E-state index < -0.39 is 5.60 Å². The van der Waals surface area contributed by atoms with Gasteiger partial charge in [-0.1, -0.05) is 5.16 Å². The van der Waals surface area contributed by atoms with Crippen molar-refractivity contribution in [2.24, 2.45) is 0 Å². The van der Waals surface area contributed by atoms with Crippen molar-refractivity contribution in [3.8, 4) is 11.5 Å². The van der Waals surface area contributed by atoms with E-state index in [0.29, 0.717) is 54.3 Å². The van der Waals surface area contributed by atoms with Gasteiger partial charge in [-0.25, -0.2) is 9.78 Å². The first-order valence-electron chi connectivity index (χ1n) is 9.81. The molecule has 0 spiro atoms. The Labute approximate surface area is 173 Å². The summed E-state index contributed by atoms with van der Waals surface area (Å²) in [7, 11) is 0. The van der Waals surface area contributed by atoms with Gasteiger partial charge >= 0.3 is 6.09 Å². The van der Waals surface area contributed by atoms with Crippen LogP contribution in [0.2, 0.25) is 0 Å². The van der Waals surface area contributed by atoms with Gasteiger partial charge in [-0.2, -0.15) is 0 Å². The number of carbonyl (C=O) groups excluding carboxylic acids is 2. The van der Waals surface area contributed by atoms with Crippen LogP contribution in [-0.2, 0) is 4.74 Å². The number of ether oxygens (including phenoxy) is 1. The summed E-state index contributed by atoms with van der Waals surface area (Å²) < 4.78 is 16.2. The molecule has 2 amide bonds. The number of pyridine rings is 1. The maximum atomic E-state index is 13.4. The topological polar surface area (TPSA) is 102 Å².